The maximum Gasteiger partial charge on any atom is 0.290 e. The number of hydrogen-bond acceptors (Lipinski definition) is 5. The highest BCUT2D eigenvalue weighted by molar-refractivity contribution is 6.11. The third kappa shape index (κ3) is 2.92. The number of benzene rings is 1. The fraction of sp³-hybridized carbons (Fsp3) is 0.524. The fourth-order valence-electron chi connectivity index (χ4n) is 4.62. The van der Waals surface area contributed by atoms with Crippen molar-refractivity contribution in [1.29, 1.82) is 0 Å². The molecule has 2 aliphatic heterocycles. The van der Waals surface area contributed by atoms with Crippen LogP contribution in [0.25, 0.3) is 0 Å². The van der Waals surface area contributed by atoms with Crippen LogP contribution in [0.1, 0.15) is 37.8 Å². The summed E-state index contributed by atoms with van der Waals surface area (Å²) in [6.45, 7) is 2.13. The number of fused-ring (bicyclic) bond motifs is 1. The quantitative estimate of drug-likeness (QED) is 0.878. The van der Waals surface area contributed by atoms with E-state index in [1.54, 1.807) is 7.11 Å². The minimum absolute atomic E-state index is 0.0226. The first-order chi connectivity index (χ1) is 13.0. The van der Waals surface area contributed by atoms with E-state index >= 15 is 0 Å². The number of β-amino-alcohol motifs (C(OH)–C–C–N with tert-alkyl or cyclic N) is 1. The van der Waals surface area contributed by atoms with Crippen molar-refractivity contribution in [3.05, 3.63) is 41.2 Å². The summed E-state index contributed by atoms with van der Waals surface area (Å²) in [5, 5.41) is 9.49. The van der Waals surface area contributed by atoms with Crippen LogP contribution in [0.5, 0.6) is 5.75 Å². The van der Waals surface area contributed by atoms with Crippen molar-refractivity contribution in [2.24, 2.45) is 11.8 Å². The highest BCUT2D eigenvalue weighted by Crippen LogP contribution is 2.47. The zero-order valence-corrected chi connectivity index (χ0v) is 15.7. The van der Waals surface area contributed by atoms with Gasteiger partial charge in [0.1, 0.15) is 11.9 Å². The number of aliphatic hydroxyl groups is 1. The van der Waals surface area contributed by atoms with Crippen molar-refractivity contribution in [3.63, 3.8) is 0 Å². The van der Waals surface area contributed by atoms with Gasteiger partial charge in [-0.3, -0.25) is 9.59 Å². The van der Waals surface area contributed by atoms with E-state index in [0.29, 0.717) is 17.2 Å². The van der Waals surface area contributed by atoms with Crippen LogP contribution in [0.4, 0.5) is 0 Å². The summed E-state index contributed by atoms with van der Waals surface area (Å²) in [7, 11) is 1.58. The van der Waals surface area contributed by atoms with Gasteiger partial charge >= 0.3 is 0 Å². The molecule has 1 N–H and O–H groups in total. The summed E-state index contributed by atoms with van der Waals surface area (Å²) in [4.78, 5) is 28.0. The molecule has 4 unspecified atom stereocenters. The Morgan fingerprint density at radius 1 is 1.30 bits per heavy atom. The van der Waals surface area contributed by atoms with Gasteiger partial charge < -0.3 is 19.5 Å². The maximum atomic E-state index is 13.4. The molecular weight excluding hydrogens is 346 g/mol. The third-order valence-corrected chi connectivity index (χ3v) is 5.96. The zero-order valence-electron chi connectivity index (χ0n) is 15.7. The van der Waals surface area contributed by atoms with E-state index in [-0.39, 0.29) is 42.6 Å². The number of hydrogen-bond donors (Lipinski definition) is 1. The molecule has 0 aromatic heterocycles. The SMILES string of the molecule is COc1cccc(C2C3=C(OC4CCC(C)CC4C3=O)C(=O)N2CCO)c1. The second-order valence-electron chi connectivity index (χ2n) is 7.69. The molecule has 0 bridgehead atoms. The summed E-state index contributed by atoms with van der Waals surface area (Å²) in [6.07, 6.45) is 2.38. The number of rotatable bonds is 4. The number of ether oxygens (including phenoxy) is 2. The fourth-order valence-corrected chi connectivity index (χ4v) is 4.62. The summed E-state index contributed by atoms with van der Waals surface area (Å²) < 4.78 is 11.4. The molecule has 27 heavy (non-hydrogen) atoms. The molecule has 0 radical (unpaired) electrons. The maximum absolute atomic E-state index is 13.4. The number of ketones is 1. The Morgan fingerprint density at radius 2 is 2.11 bits per heavy atom. The number of carbonyl (C=O) groups excluding carboxylic acids is 2. The molecule has 3 aliphatic rings. The van der Waals surface area contributed by atoms with Crippen LogP contribution in [0.3, 0.4) is 0 Å². The average Bonchev–Trinajstić information content (AvgIpc) is 2.95. The summed E-state index contributed by atoms with van der Waals surface area (Å²) >= 11 is 0. The van der Waals surface area contributed by atoms with Crippen LogP contribution in [-0.2, 0) is 14.3 Å². The van der Waals surface area contributed by atoms with Gasteiger partial charge in [-0.2, -0.15) is 0 Å². The monoisotopic (exact) mass is 371 g/mol. The predicted octanol–water partition coefficient (Wildman–Crippen LogP) is 2.23. The molecule has 0 saturated heterocycles. The summed E-state index contributed by atoms with van der Waals surface area (Å²) in [6, 6.07) is 6.84. The first kappa shape index (κ1) is 18.0. The molecule has 1 fully saturated rings. The molecule has 4 atom stereocenters. The molecule has 1 aromatic rings. The minimum atomic E-state index is -0.541. The molecule has 6 heteroatoms. The Kier molecular flexibility index (Phi) is 4.68. The molecule has 6 nitrogen and oxygen atoms in total. The summed E-state index contributed by atoms with van der Waals surface area (Å²) in [5.74, 6) is 0.833. The van der Waals surface area contributed by atoms with Crippen molar-refractivity contribution in [1.82, 2.24) is 4.90 Å². The lowest BCUT2D eigenvalue weighted by molar-refractivity contribution is -0.136. The van der Waals surface area contributed by atoms with Gasteiger partial charge in [-0.1, -0.05) is 19.1 Å². The Balaban J connectivity index is 1.79. The lowest BCUT2D eigenvalue weighted by atomic mass is 9.74. The van der Waals surface area contributed by atoms with Gasteiger partial charge in [0.2, 0.25) is 0 Å². The van der Waals surface area contributed by atoms with Crippen LogP contribution in [0, 0.1) is 11.8 Å². The third-order valence-electron chi connectivity index (χ3n) is 5.96. The van der Waals surface area contributed by atoms with Crippen molar-refractivity contribution >= 4 is 11.7 Å². The van der Waals surface area contributed by atoms with Crippen molar-refractivity contribution < 1.29 is 24.2 Å². The lowest BCUT2D eigenvalue weighted by Crippen LogP contribution is -2.41. The van der Waals surface area contributed by atoms with Crippen molar-refractivity contribution in [2.45, 2.75) is 38.3 Å². The average molecular weight is 371 g/mol. The normalized spacial score (nSPS) is 30.1. The second-order valence-corrected chi connectivity index (χ2v) is 7.69. The minimum Gasteiger partial charge on any atom is -0.497 e. The second kappa shape index (κ2) is 7.00. The number of methoxy groups -OCH3 is 1. The highest BCUT2D eigenvalue weighted by atomic mass is 16.5. The van der Waals surface area contributed by atoms with Gasteiger partial charge in [0.15, 0.2) is 11.5 Å². The van der Waals surface area contributed by atoms with E-state index < -0.39 is 6.04 Å². The smallest absolute Gasteiger partial charge is 0.290 e. The molecule has 0 spiro atoms. The topological polar surface area (TPSA) is 76.1 Å². The van der Waals surface area contributed by atoms with E-state index in [1.165, 1.54) is 4.90 Å². The first-order valence-electron chi connectivity index (χ1n) is 9.56. The van der Waals surface area contributed by atoms with Crippen molar-refractivity contribution in [2.75, 3.05) is 20.3 Å². The Morgan fingerprint density at radius 3 is 2.85 bits per heavy atom. The molecule has 4 rings (SSSR count). The Bertz CT molecular complexity index is 802. The van der Waals surface area contributed by atoms with Gasteiger partial charge in [-0.15, -0.1) is 0 Å². The molecule has 1 aromatic carbocycles. The van der Waals surface area contributed by atoms with Crippen LogP contribution < -0.4 is 4.74 Å². The number of carbonyl (C=O) groups is 2. The van der Waals surface area contributed by atoms with E-state index in [2.05, 4.69) is 6.92 Å². The molecule has 144 valence electrons. The number of Topliss-reactive ketones (excluding diaryl/α,β-unsaturated/α-hetero) is 1. The van der Waals surface area contributed by atoms with Crippen molar-refractivity contribution in [3.8, 4) is 5.75 Å². The Hall–Kier alpha value is -2.34. The van der Waals surface area contributed by atoms with E-state index in [4.69, 9.17) is 9.47 Å². The molecule has 2 heterocycles. The highest BCUT2D eigenvalue weighted by Gasteiger charge is 2.52. The van der Waals surface area contributed by atoms with E-state index in [1.807, 2.05) is 24.3 Å². The standard InChI is InChI=1S/C21H25NO5/c1-12-6-7-16-15(10-12)19(24)17-18(13-4-3-5-14(11-13)26-2)22(8-9-23)21(25)20(17)27-16/h3-5,11-12,15-16,18,23H,6-10H2,1-2H3. The van der Waals surface area contributed by atoms with Gasteiger partial charge in [-0.25, -0.2) is 0 Å². The van der Waals surface area contributed by atoms with E-state index in [0.717, 1.165) is 24.8 Å². The number of aliphatic hydroxyl groups excluding tert-OH is 1. The van der Waals surface area contributed by atoms with Gasteiger partial charge in [0.05, 0.1) is 31.2 Å². The molecule has 1 amide bonds. The Labute approximate surface area is 158 Å². The molecular formula is C21H25NO5. The largest absolute Gasteiger partial charge is 0.497 e. The summed E-state index contributed by atoms with van der Waals surface area (Å²) in [5.41, 5.74) is 1.23. The van der Waals surface area contributed by atoms with Crippen LogP contribution >= 0.6 is 0 Å². The molecule has 1 saturated carbocycles. The van der Waals surface area contributed by atoms with Gasteiger partial charge in [0, 0.05) is 6.54 Å². The van der Waals surface area contributed by atoms with Gasteiger partial charge in [0.25, 0.3) is 5.91 Å². The van der Waals surface area contributed by atoms with Crippen LogP contribution in [-0.4, -0.2) is 48.1 Å². The molecule has 1 aliphatic carbocycles. The van der Waals surface area contributed by atoms with Crippen LogP contribution in [0.2, 0.25) is 0 Å². The lowest BCUT2D eigenvalue weighted by Gasteiger charge is -2.37. The first-order valence-corrected chi connectivity index (χ1v) is 9.56. The van der Waals surface area contributed by atoms with Gasteiger partial charge in [-0.05, 0) is 42.9 Å². The number of nitrogens with zero attached hydrogens (tertiary/aromatic N) is 1. The van der Waals surface area contributed by atoms with Crippen LogP contribution in [0.15, 0.2) is 35.6 Å². The number of amides is 1. The predicted molar refractivity (Wildman–Crippen MR) is 97.9 cm³/mol. The van der Waals surface area contributed by atoms with E-state index in [9.17, 15) is 14.7 Å². The zero-order chi connectivity index (χ0) is 19.1.